The van der Waals surface area contributed by atoms with Crippen molar-refractivity contribution < 1.29 is 14.6 Å². The van der Waals surface area contributed by atoms with E-state index in [1.807, 2.05) is 0 Å². The molecular formula is C12H13ClN2O3. The maximum absolute atomic E-state index is 11.9. The molecule has 0 amide bonds. The molecule has 0 fully saturated rings. The molecule has 18 heavy (non-hydrogen) atoms. The normalized spacial score (nSPS) is 11.8. The molecule has 0 aliphatic heterocycles. The van der Waals surface area contributed by atoms with E-state index in [4.69, 9.17) is 16.3 Å². The summed E-state index contributed by atoms with van der Waals surface area (Å²) in [6.07, 6.45) is -0.634. The highest BCUT2D eigenvalue weighted by Crippen LogP contribution is 2.26. The smallest absolute Gasteiger partial charge is 0.435 e. The molecule has 2 aromatic rings. The largest absolute Gasteiger partial charge is 0.508 e. The second-order valence-corrected chi connectivity index (χ2v) is 5.24. The molecule has 96 valence electrons. The van der Waals surface area contributed by atoms with E-state index in [0.29, 0.717) is 10.9 Å². The average Bonchev–Trinajstić information content (AvgIpc) is 2.53. The van der Waals surface area contributed by atoms with Gasteiger partial charge < -0.3 is 9.84 Å². The Labute approximate surface area is 109 Å². The van der Waals surface area contributed by atoms with Gasteiger partial charge in [0.25, 0.3) is 0 Å². The van der Waals surface area contributed by atoms with E-state index in [1.165, 1.54) is 12.1 Å². The number of rotatable bonds is 0. The minimum Gasteiger partial charge on any atom is -0.508 e. The maximum atomic E-state index is 11.9. The Morgan fingerprint density at radius 1 is 1.44 bits per heavy atom. The number of benzene rings is 1. The molecule has 0 saturated carbocycles. The van der Waals surface area contributed by atoms with Crippen LogP contribution in [0.3, 0.4) is 0 Å². The fourth-order valence-electron chi connectivity index (χ4n) is 1.51. The van der Waals surface area contributed by atoms with E-state index in [9.17, 15) is 9.90 Å². The predicted octanol–water partition coefficient (Wildman–Crippen LogP) is 3.18. The number of fused-ring (bicyclic) bond motifs is 1. The summed E-state index contributed by atoms with van der Waals surface area (Å²) in [5.74, 6) is 0.0314. The highest BCUT2D eigenvalue weighted by atomic mass is 35.5. The molecule has 0 saturated heterocycles. The Bertz CT molecular complexity index is 614. The van der Waals surface area contributed by atoms with Gasteiger partial charge in [-0.3, -0.25) is 0 Å². The summed E-state index contributed by atoms with van der Waals surface area (Å²) in [7, 11) is 0. The van der Waals surface area contributed by atoms with Crippen molar-refractivity contribution in [3.8, 4) is 5.75 Å². The zero-order valence-corrected chi connectivity index (χ0v) is 11.0. The summed E-state index contributed by atoms with van der Waals surface area (Å²) in [4.78, 5) is 11.9. The lowest BCUT2D eigenvalue weighted by Gasteiger charge is -2.19. The van der Waals surface area contributed by atoms with Gasteiger partial charge in [0, 0.05) is 11.5 Å². The van der Waals surface area contributed by atoms with E-state index < -0.39 is 11.7 Å². The molecule has 1 aromatic heterocycles. The quantitative estimate of drug-likeness (QED) is 0.797. The van der Waals surface area contributed by atoms with Gasteiger partial charge in [0.15, 0.2) is 5.15 Å². The number of halogens is 1. The molecule has 0 aliphatic rings. The maximum Gasteiger partial charge on any atom is 0.435 e. The number of phenolic OH excluding ortho intramolecular Hbond substituents is 1. The number of carbonyl (C=O) groups is 1. The minimum atomic E-state index is -0.634. The van der Waals surface area contributed by atoms with E-state index in [1.54, 1.807) is 26.8 Å². The van der Waals surface area contributed by atoms with E-state index in [2.05, 4.69) is 5.10 Å². The summed E-state index contributed by atoms with van der Waals surface area (Å²) in [5, 5.41) is 14.1. The van der Waals surface area contributed by atoms with Crippen LogP contribution in [0.25, 0.3) is 10.9 Å². The SMILES string of the molecule is CC(C)(C)OC(=O)n1nc(Cl)c2ccc(O)cc21. The first-order valence-electron chi connectivity index (χ1n) is 5.38. The van der Waals surface area contributed by atoms with Crippen LogP contribution in [-0.2, 0) is 4.74 Å². The lowest BCUT2D eigenvalue weighted by Crippen LogP contribution is -2.27. The van der Waals surface area contributed by atoms with Gasteiger partial charge in [-0.05, 0) is 32.9 Å². The monoisotopic (exact) mass is 268 g/mol. The van der Waals surface area contributed by atoms with E-state index >= 15 is 0 Å². The molecule has 2 rings (SSSR count). The second-order valence-electron chi connectivity index (χ2n) is 4.88. The summed E-state index contributed by atoms with van der Waals surface area (Å²) in [5.41, 5.74) is -0.215. The van der Waals surface area contributed by atoms with Crippen LogP contribution in [0.15, 0.2) is 18.2 Å². The molecule has 1 aromatic carbocycles. The number of hydrogen-bond acceptors (Lipinski definition) is 4. The van der Waals surface area contributed by atoms with Gasteiger partial charge in [0.2, 0.25) is 0 Å². The van der Waals surface area contributed by atoms with Gasteiger partial charge in [-0.15, -0.1) is 5.10 Å². The molecule has 0 bridgehead atoms. The van der Waals surface area contributed by atoms with Crippen molar-refractivity contribution >= 4 is 28.6 Å². The Kier molecular flexibility index (Phi) is 2.94. The third-order valence-electron chi connectivity index (χ3n) is 2.19. The molecule has 5 nitrogen and oxygen atoms in total. The minimum absolute atomic E-state index is 0.0314. The third-order valence-corrected chi connectivity index (χ3v) is 2.47. The molecule has 1 N–H and O–H groups in total. The Hall–Kier alpha value is -1.75. The molecule has 0 atom stereocenters. The van der Waals surface area contributed by atoms with Gasteiger partial charge in [-0.25, -0.2) is 4.79 Å². The number of nitrogens with zero attached hydrogens (tertiary/aromatic N) is 2. The predicted molar refractivity (Wildman–Crippen MR) is 68.0 cm³/mol. The van der Waals surface area contributed by atoms with Gasteiger partial charge in [0.1, 0.15) is 11.4 Å². The van der Waals surface area contributed by atoms with Gasteiger partial charge in [0.05, 0.1) is 5.52 Å². The number of hydrogen-bond donors (Lipinski definition) is 1. The van der Waals surface area contributed by atoms with Crippen molar-refractivity contribution in [2.24, 2.45) is 0 Å². The Balaban J connectivity index is 2.51. The van der Waals surface area contributed by atoms with Gasteiger partial charge in [-0.2, -0.15) is 4.68 Å². The molecule has 0 unspecified atom stereocenters. The zero-order valence-electron chi connectivity index (χ0n) is 10.3. The molecule has 6 heteroatoms. The van der Waals surface area contributed by atoms with E-state index in [-0.39, 0.29) is 10.9 Å². The molecule has 0 radical (unpaired) electrons. The first-order valence-corrected chi connectivity index (χ1v) is 5.76. The highest BCUT2D eigenvalue weighted by Gasteiger charge is 2.21. The van der Waals surface area contributed by atoms with Crippen molar-refractivity contribution in [2.75, 3.05) is 0 Å². The average molecular weight is 269 g/mol. The lowest BCUT2D eigenvalue weighted by molar-refractivity contribution is 0.0523. The van der Waals surface area contributed by atoms with Crippen molar-refractivity contribution in [2.45, 2.75) is 26.4 Å². The molecule has 0 spiro atoms. The molecular weight excluding hydrogens is 256 g/mol. The number of carbonyl (C=O) groups excluding carboxylic acids is 1. The van der Waals surface area contributed by atoms with Crippen molar-refractivity contribution in [1.29, 1.82) is 0 Å². The fourth-order valence-corrected chi connectivity index (χ4v) is 1.74. The van der Waals surface area contributed by atoms with Crippen LogP contribution in [0, 0.1) is 0 Å². The van der Waals surface area contributed by atoms with E-state index in [0.717, 1.165) is 4.68 Å². The van der Waals surface area contributed by atoms with Crippen LogP contribution >= 0.6 is 11.6 Å². The van der Waals surface area contributed by atoms with Crippen molar-refractivity contribution in [1.82, 2.24) is 9.78 Å². The van der Waals surface area contributed by atoms with Crippen LogP contribution in [0.1, 0.15) is 20.8 Å². The topological polar surface area (TPSA) is 64.4 Å². The van der Waals surface area contributed by atoms with Crippen molar-refractivity contribution in [3.63, 3.8) is 0 Å². The second kappa shape index (κ2) is 4.17. The first-order chi connectivity index (χ1) is 8.28. The van der Waals surface area contributed by atoms with Crippen LogP contribution in [0.2, 0.25) is 5.15 Å². The molecule has 0 aliphatic carbocycles. The first kappa shape index (κ1) is 12.7. The summed E-state index contributed by atoms with van der Waals surface area (Å²) in [6, 6.07) is 4.49. The summed E-state index contributed by atoms with van der Waals surface area (Å²) >= 11 is 5.92. The fraction of sp³-hybridized carbons (Fsp3) is 0.333. The van der Waals surface area contributed by atoms with Gasteiger partial charge >= 0.3 is 6.09 Å². The van der Waals surface area contributed by atoms with Crippen molar-refractivity contribution in [3.05, 3.63) is 23.4 Å². The number of phenols is 1. The number of aromatic nitrogens is 2. The summed E-state index contributed by atoms with van der Waals surface area (Å²) in [6.45, 7) is 5.28. The Morgan fingerprint density at radius 2 is 2.11 bits per heavy atom. The summed E-state index contributed by atoms with van der Waals surface area (Å²) < 4.78 is 6.25. The standard InChI is InChI=1S/C12H13ClN2O3/c1-12(2,3)18-11(17)15-9-6-7(16)4-5-8(9)10(13)14-15/h4-6,16H,1-3H3. The van der Waals surface area contributed by atoms with Gasteiger partial charge in [-0.1, -0.05) is 11.6 Å². The zero-order chi connectivity index (χ0) is 13.5. The molecule has 1 heterocycles. The number of ether oxygens (including phenoxy) is 1. The highest BCUT2D eigenvalue weighted by molar-refractivity contribution is 6.34. The van der Waals surface area contributed by atoms with Crippen LogP contribution in [0.4, 0.5) is 4.79 Å². The lowest BCUT2D eigenvalue weighted by atomic mass is 10.2. The Morgan fingerprint density at radius 3 is 2.72 bits per heavy atom. The third kappa shape index (κ3) is 2.41. The van der Waals surface area contributed by atoms with Crippen LogP contribution in [-0.4, -0.2) is 26.6 Å². The van der Waals surface area contributed by atoms with Crippen LogP contribution in [0.5, 0.6) is 5.75 Å². The number of aromatic hydroxyl groups is 1. The van der Waals surface area contributed by atoms with Crippen LogP contribution < -0.4 is 0 Å².